The Hall–Kier alpha value is -1.18. The van der Waals surface area contributed by atoms with E-state index in [4.69, 9.17) is 5.73 Å². The summed E-state index contributed by atoms with van der Waals surface area (Å²) in [6.07, 6.45) is 1.34. The van der Waals surface area contributed by atoms with Gasteiger partial charge in [-0.25, -0.2) is 12.8 Å². The zero-order valence-electron chi connectivity index (χ0n) is 11.6. The summed E-state index contributed by atoms with van der Waals surface area (Å²) >= 11 is 0. The molecule has 7 heteroatoms. The Bertz CT molecular complexity index is 631. The first-order valence-electron chi connectivity index (χ1n) is 6.48. The summed E-state index contributed by atoms with van der Waals surface area (Å²) in [5, 5.41) is 9.29. The molecule has 0 saturated carbocycles. The minimum atomic E-state index is -3.77. The van der Waals surface area contributed by atoms with Crippen molar-refractivity contribution in [3.05, 3.63) is 23.0 Å². The van der Waals surface area contributed by atoms with Crippen LogP contribution in [0.4, 0.5) is 10.1 Å². The summed E-state index contributed by atoms with van der Waals surface area (Å²) in [5.41, 5.74) is 6.02. The third-order valence-electron chi connectivity index (χ3n) is 3.80. The van der Waals surface area contributed by atoms with Gasteiger partial charge in [0.1, 0.15) is 5.82 Å². The number of benzene rings is 1. The largest absolute Gasteiger partial charge is 0.396 e. The molecule has 3 N–H and O–H groups in total. The van der Waals surface area contributed by atoms with Gasteiger partial charge in [-0.05, 0) is 43.9 Å². The van der Waals surface area contributed by atoms with E-state index < -0.39 is 21.9 Å². The predicted octanol–water partition coefficient (Wildman–Crippen LogP) is 1.17. The number of nitrogens with two attached hydrogens (primary N) is 1. The molecular weight excluding hydrogens is 283 g/mol. The van der Waals surface area contributed by atoms with Crippen LogP contribution in [-0.2, 0) is 10.0 Å². The Balaban J connectivity index is 2.58. The first kappa shape index (κ1) is 15.2. The summed E-state index contributed by atoms with van der Waals surface area (Å²) in [7, 11) is -3.77. The zero-order valence-corrected chi connectivity index (χ0v) is 12.4. The van der Waals surface area contributed by atoms with Gasteiger partial charge in [-0.3, -0.25) is 0 Å². The van der Waals surface area contributed by atoms with Crippen molar-refractivity contribution in [2.75, 3.05) is 18.9 Å². The molecule has 1 fully saturated rings. The number of sulfonamides is 1. The van der Waals surface area contributed by atoms with Gasteiger partial charge in [0, 0.05) is 12.6 Å². The molecule has 1 aromatic rings. The second-order valence-corrected chi connectivity index (χ2v) is 6.96. The van der Waals surface area contributed by atoms with Gasteiger partial charge in [-0.2, -0.15) is 4.31 Å². The minimum absolute atomic E-state index is 0.0525. The van der Waals surface area contributed by atoms with Crippen molar-refractivity contribution in [1.82, 2.24) is 4.31 Å². The van der Waals surface area contributed by atoms with Crippen LogP contribution >= 0.6 is 0 Å². The molecule has 1 aliphatic rings. The maximum atomic E-state index is 13.6. The second-order valence-electron chi connectivity index (χ2n) is 5.14. The van der Waals surface area contributed by atoms with E-state index in [1.165, 1.54) is 11.2 Å². The summed E-state index contributed by atoms with van der Waals surface area (Å²) < 4.78 is 40.3. The summed E-state index contributed by atoms with van der Waals surface area (Å²) in [4.78, 5) is 0.0525. The minimum Gasteiger partial charge on any atom is -0.396 e. The van der Waals surface area contributed by atoms with Crippen molar-refractivity contribution in [1.29, 1.82) is 0 Å². The van der Waals surface area contributed by atoms with Crippen LogP contribution in [0.5, 0.6) is 0 Å². The molecule has 2 rings (SSSR count). The maximum Gasteiger partial charge on any atom is 0.244 e. The number of anilines is 1. The SMILES string of the molecule is Cc1cc(F)c(N)c(C)c1S(=O)(=O)N1CCCC1CO. The highest BCUT2D eigenvalue weighted by Gasteiger charge is 2.37. The van der Waals surface area contributed by atoms with Crippen molar-refractivity contribution in [2.24, 2.45) is 0 Å². The Morgan fingerprint density at radius 2 is 2.15 bits per heavy atom. The molecule has 1 aromatic carbocycles. The van der Waals surface area contributed by atoms with E-state index in [2.05, 4.69) is 0 Å². The molecule has 0 radical (unpaired) electrons. The van der Waals surface area contributed by atoms with Crippen LogP contribution in [-0.4, -0.2) is 37.0 Å². The van der Waals surface area contributed by atoms with Gasteiger partial charge in [0.05, 0.1) is 17.2 Å². The molecule has 1 heterocycles. The average molecular weight is 302 g/mol. The predicted molar refractivity (Wildman–Crippen MR) is 74.3 cm³/mol. The molecule has 0 spiro atoms. The fraction of sp³-hybridized carbons (Fsp3) is 0.538. The normalized spacial score (nSPS) is 20.5. The van der Waals surface area contributed by atoms with Gasteiger partial charge in [-0.1, -0.05) is 0 Å². The fourth-order valence-electron chi connectivity index (χ4n) is 2.75. The standard InChI is InChI=1S/C13H19FN2O3S/c1-8-6-11(14)12(15)9(2)13(8)20(18,19)16-5-3-4-10(16)7-17/h6,10,17H,3-5,7,15H2,1-2H3. The lowest BCUT2D eigenvalue weighted by atomic mass is 10.1. The molecule has 1 atom stereocenters. The van der Waals surface area contributed by atoms with E-state index in [1.807, 2.05) is 0 Å². The van der Waals surface area contributed by atoms with E-state index in [-0.39, 0.29) is 22.8 Å². The van der Waals surface area contributed by atoms with Crippen LogP contribution in [0.3, 0.4) is 0 Å². The second kappa shape index (κ2) is 5.31. The Morgan fingerprint density at radius 1 is 1.50 bits per heavy atom. The highest BCUT2D eigenvalue weighted by atomic mass is 32.2. The zero-order chi connectivity index (χ0) is 15.1. The summed E-state index contributed by atoms with van der Waals surface area (Å²) in [5.74, 6) is -0.612. The van der Waals surface area contributed by atoms with Crippen LogP contribution < -0.4 is 5.73 Å². The monoisotopic (exact) mass is 302 g/mol. The van der Waals surface area contributed by atoms with Crippen LogP contribution in [0, 0.1) is 19.7 Å². The van der Waals surface area contributed by atoms with Gasteiger partial charge >= 0.3 is 0 Å². The van der Waals surface area contributed by atoms with Gasteiger partial charge in [0.25, 0.3) is 0 Å². The number of aliphatic hydroxyl groups is 1. The number of hydrogen-bond donors (Lipinski definition) is 2. The molecule has 0 aliphatic carbocycles. The number of nitrogen functional groups attached to an aromatic ring is 1. The molecule has 5 nitrogen and oxygen atoms in total. The van der Waals surface area contributed by atoms with Crippen LogP contribution in [0.1, 0.15) is 24.0 Å². The number of rotatable bonds is 3. The number of hydrogen-bond acceptors (Lipinski definition) is 4. The van der Waals surface area contributed by atoms with Gasteiger partial charge in [0.2, 0.25) is 10.0 Å². The molecule has 0 bridgehead atoms. The quantitative estimate of drug-likeness (QED) is 0.821. The Morgan fingerprint density at radius 3 is 2.75 bits per heavy atom. The van der Waals surface area contributed by atoms with E-state index in [9.17, 15) is 17.9 Å². The highest BCUT2D eigenvalue weighted by molar-refractivity contribution is 7.89. The first-order chi connectivity index (χ1) is 9.30. The molecular formula is C13H19FN2O3S. The number of halogens is 1. The molecule has 1 unspecified atom stereocenters. The Kier molecular flexibility index (Phi) is 4.04. The molecule has 0 amide bonds. The van der Waals surface area contributed by atoms with E-state index in [1.54, 1.807) is 6.92 Å². The Labute approximate surface area is 118 Å². The number of aryl methyl sites for hydroxylation is 1. The van der Waals surface area contributed by atoms with Crippen molar-refractivity contribution < 1.29 is 17.9 Å². The lowest BCUT2D eigenvalue weighted by molar-refractivity contribution is 0.213. The van der Waals surface area contributed by atoms with Crippen molar-refractivity contribution in [3.8, 4) is 0 Å². The third-order valence-corrected chi connectivity index (χ3v) is 6.05. The van der Waals surface area contributed by atoms with E-state index >= 15 is 0 Å². The van der Waals surface area contributed by atoms with Gasteiger partial charge in [0.15, 0.2) is 0 Å². The van der Waals surface area contributed by atoms with Gasteiger partial charge in [-0.15, -0.1) is 0 Å². The fourth-order valence-corrected chi connectivity index (χ4v) is 4.88. The number of nitrogens with zero attached hydrogens (tertiary/aromatic N) is 1. The number of aliphatic hydroxyl groups excluding tert-OH is 1. The van der Waals surface area contributed by atoms with Crippen molar-refractivity contribution in [2.45, 2.75) is 37.6 Å². The topological polar surface area (TPSA) is 83.6 Å². The third kappa shape index (κ3) is 2.30. The van der Waals surface area contributed by atoms with Crippen LogP contribution in [0.25, 0.3) is 0 Å². The van der Waals surface area contributed by atoms with E-state index in [0.29, 0.717) is 24.9 Å². The summed E-state index contributed by atoms with van der Waals surface area (Å²) in [6.45, 7) is 3.20. The first-order valence-corrected chi connectivity index (χ1v) is 7.92. The average Bonchev–Trinajstić information content (AvgIpc) is 2.84. The molecule has 0 aromatic heterocycles. The maximum absolute atomic E-state index is 13.6. The molecule has 1 aliphatic heterocycles. The highest BCUT2D eigenvalue weighted by Crippen LogP contribution is 2.33. The van der Waals surface area contributed by atoms with Crippen LogP contribution in [0.2, 0.25) is 0 Å². The van der Waals surface area contributed by atoms with Gasteiger partial charge < -0.3 is 10.8 Å². The summed E-state index contributed by atoms with van der Waals surface area (Å²) in [6, 6.07) is 0.726. The smallest absolute Gasteiger partial charge is 0.244 e. The lowest BCUT2D eigenvalue weighted by Crippen LogP contribution is -2.38. The van der Waals surface area contributed by atoms with Crippen LogP contribution in [0.15, 0.2) is 11.0 Å². The van der Waals surface area contributed by atoms with Crippen molar-refractivity contribution >= 4 is 15.7 Å². The lowest BCUT2D eigenvalue weighted by Gasteiger charge is -2.25. The molecule has 20 heavy (non-hydrogen) atoms. The van der Waals surface area contributed by atoms with Crippen molar-refractivity contribution in [3.63, 3.8) is 0 Å². The molecule has 112 valence electrons. The molecule has 1 saturated heterocycles. The van der Waals surface area contributed by atoms with E-state index in [0.717, 1.165) is 6.07 Å².